The average molecular weight is 252 g/mol. The predicted molar refractivity (Wildman–Crippen MR) is 66.3 cm³/mol. The summed E-state index contributed by atoms with van der Waals surface area (Å²) < 4.78 is 10.4. The molecule has 0 aromatic heterocycles. The van der Waals surface area contributed by atoms with E-state index in [2.05, 4.69) is 0 Å². The van der Waals surface area contributed by atoms with Gasteiger partial charge in [-0.05, 0) is 18.2 Å². The lowest BCUT2D eigenvalue weighted by Crippen LogP contribution is -2.34. The lowest BCUT2D eigenvalue weighted by Gasteiger charge is -2.16. The van der Waals surface area contributed by atoms with Gasteiger partial charge in [0.1, 0.15) is 0 Å². The van der Waals surface area contributed by atoms with Crippen LogP contribution in [0, 0.1) is 0 Å². The number of thiocarbonyl (C=S) groups is 1. The van der Waals surface area contributed by atoms with Crippen molar-refractivity contribution in [3.05, 3.63) is 23.8 Å². The van der Waals surface area contributed by atoms with Crippen molar-refractivity contribution in [3.63, 3.8) is 0 Å². The largest absolute Gasteiger partial charge is 0.454 e. The van der Waals surface area contributed by atoms with Crippen molar-refractivity contribution in [1.82, 2.24) is 4.90 Å². The standard InChI is InChI=1S/C11H12N2O3S/c1-13(5-10(12)17)11(14)7-2-3-8-9(4-7)16-6-15-8/h2-4H,5-6H2,1H3,(H2,12,17). The number of nitrogens with two attached hydrogens (primary N) is 1. The van der Waals surface area contributed by atoms with Crippen molar-refractivity contribution < 1.29 is 14.3 Å². The zero-order valence-electron chi connectivity index (χ0n) is 9.30. The molecule has 0 saturated carbocycles. The molecule has 2 N–H and O–H groups in total. The molecule has 0 spiro atoms. The molecule has 17 heavy (non-hydrogen) atoms. The maximum Gasteiger partial charge on any atom is 0.254 e. The first-order valence-corrected chi connectivity index (χ1v) is 5.42. The van der Waals surface area contributed by atoms with Crippen LogP contribution < -0.4 is 15.2 Å². The molecule has 90 valence electrons. The third-order valence-electron chi connectivity index (χ3n) is 2.36. The molecule has 1 amide bonds. The molecule has 0 radical (unpaired) electrons. The lowest BCUT2D eigenvalue weighted by atomic mass is 10.2. The van der Waals surface area contributed by atoms with Gasteiger partial charge < -0.3 is 20.1 Å². The Bertz CT molecular complexity index is 476. The summed E-state index contributed by atoms with van der Waals surface area (Å²) in [7, 11) is 1.64. The fraction of sp³-hybridized carbons (Fsp3) is 0.273. The molecule has 6 heteroatoms. The summed E-state index contributed by atoms with van der Waals surface area (Å²) in [6, 6.07) is 5.05. The summed E-state index contributed by atoms with van der Waals surface area (Å²) in [5.41, 5.74) is 5.91. The van der Waals surface area contributed by atoms with Gasteiger partial charge in [0.05, 0.1) is 11.5 Å². The summed E-state index contributed by atoms with van der Waals surface area (Å²) >= 11 is 4.76. The summed E-state index contributed by atoms with van der Waals surface area (Å²) in [5.74, 6) is 1.08. The van der Waals surface area contributed by atoms with Crippen molar-refractivity contribution in [1.29, 1.82) is 0 Å². The number of nitrogens with zero attached hydrogens (tertiary/aromatic N) is 1. The van der Waals surface area contributed by atoms with Gasteiger partial charge in [-0.25, -0.2) is 0 Å². The fourth-order valence-corrected chi connectivity index (χ4v) is 1.75. The van der Waals surface area contributed by atoms with Crippen molar-refractivity contribution in [2.45, 2.75) is 0 Å². The van der Waals surface area contributed by atoms with Gasteiger partial charge in [-0.3, -0.25) is 4.79 Å². The molecule has 1 aromatic rings. The molecule has 0 atom stereocenters. The summed E-state index contributed by atoms with van der Waals surface area (Å²) in [4.78, 5) is 13.7. The van der Waals surface area contributed by atoms with E-state index < -0.39 is 0 Å². The molecule has 0 unspecified atom stereocenters. The average Bonchev–Trinajstić information content (AvgIpc) is 2.73. The Morgan fingerprint density at radius 2 is 2.18 bits per heavy atom. The molecule has 0 saturated heterocycles. The van der Waals surface area contributed by atoms with Crippen molar-refractivity contribution in [3.8, 4) is 11.5 Å². The van der Waals surface area contributed by atoms with E-state index in [1.165, 1.54) is 4.90 Å². The van der Waals surface area contributed by atoms with Gasteiger partial charge in [-0.2, -0.15) is 0 Å². The van der Waals surface area contributed by atoms with Crippen LogP contribution in [-0.4, -0.2) is 36.2 Å². The quantitative estimate of drug-likeness (QED) is 0.805. The van der Waals surface area contributed by atoms with Crippen LogP contribution >= 0.6 is 12.2 Å². The minimum atomic E-state index is -0.156. The number of amides is 1. The Labute approximate surface area is 104 Å². The van der Waals surface area contributed by atoms with Gasteiger partial charge in [0.15, 0.2) is 11.5 Å². The second-order valence-corrected chi connectivity index (χ2v) is 4.22. The van der Waals surface area contributed by atoms with Crippen molar-refractivity contribution in [2.75, 3.05) is 20.4 Å². The zero-order chi connectivity index (χ0) is 12.4. The molecule has 1 heterocycles. The van der Waals surface area contributed by atoms with Gasteiger partial charge in [0.25, 0.3) is 5.91 Å². The summed E-state index contributed by atoms with van der Waals surface area (Å²) in [6.07, 6.45) is 0. The molecule has 1 aliphatic rings. The van der Waals surface area contributed by atoms with Gasteiger partial charge >= 0.3 is 0 Å². The van der Waals surface area contributed by atoms with Gasteiger partial charge in [0.2, 0.25) is 6.79 Å². The van der Waals surface area contributed by atoms with Crippen LogP contribution in [0.5, 0.6) is 11.5 Å². The number of benzene rings is 1. The molecule has 1 aliphatic heterocycles. The number of carbonyl (C=O) groups is 1. The Hall–Kier alpha value is -1.82. The highest BCUT2D eigenvalue weighted by atomic mass is 32.1. The topological polar surface area (TPSA) is 64.8 Å². The smallest absolute Gasteiger partial charge is 0.254 e. The van der Waals surface area contributed by atoms with E-state index in [0.29, 0.717) is 17.1 Å². The second kappa shape index (κ2) is 4.58. The van der Waals surface area contributed by atoms with E-state index in [1.54, 1.807) is 25.2 Å². The Morgan fingerprint density at radius 1 is 1.47 bits per heavy atom. The number of fused-ring (bicyclic) bond motifs is 1. The van der Waals surface area contributed by atoms with Gasteiger partial charge in [-0.1, -0.05) is 12.2 Å². The fourth-order valence-electron chi connectivity index (χ4n) is 1.56. The van der Waals surface area contributed by atoms with Crippen molar-refractivity contribution in [2.24, 2.45) is 5.73 Å². The first-order chi connectivity index (χ1) is 8.08. The number of ether oxygens (including phenoxy) is 2. The molecule has 5 nitrogen and oxygen atoms in total. The normalized spacial score (nSPS) is 12.3. The predicted octanol–water partition coefficient (Wildman–Crippen LogP) is 0.773. The highest BCUT2D eigenvalue weighted by Crippen LogP contribution is 2.32. The first-order valence-electron chi connectivity index (χ1n) is 5.01. The van der Waals surface area contributed by atoms with Crippen LogP contribution in [0.4, 0.5) is 0 Å². The van der Waals surface area contributed by atoms with E-state index in [4.69, 9.17) is 27.4 Å². The molecular formula is C11H12N2O3S. The summed E-state index contributed by atoms with van der Waals surface area (Å²) in [6.45, 7) is 0.443. The van der Waals surface area contributed by atoms with Gasteiger partial charge in [0, 0.05) is 12.6 Å². The highest BCUT2D eigenvalue weighted by Gasteiger charge is 2.18. The number of hydrogen-bond donors (Lipinski definition) is 1. The Morgan fingerprint density at radius 3 is 2.88 bits per heavy atom. The minimum absolute atomic E-state index is 0.156. The van der Waals surface area contributed by atoms with Crippen LogP contribution in [-0.2, 0) is 0 Å². The maximum absolute atomic E-state index is 12.0. The van der Waals surface area contributed by atoms with Crippen LogP contribution in [0.25, 0.3) is 0 Å². The molecule has 1 aromatic carbocycles. The minimum Gasteiger partial charge on any atom is -0.454 e. The molecule has 0 fully saturated rings. The van der Waals surface area contributed by atoms with Crippen LogP contribution in [0.2, 0.25) is 0 Å². The second-order valence-electron chi connectivity index (χ2n) is 3.70. The van der Waals surface area contributed by atoms with E-state index >= 15 is 0 Å². The molecule has 2 rings (SSSR count). The summed E-state index contributed by atoms with van der Waals surface area (Å²) in [5, 5.41) is 0. The number of likely N-dealkylation sites (N-methyl/N-ethyl adjacent to an activating group) is 1. The van der Waals surface area contributed by atoms with Crippen LogP contribution in [0.1, 0.15) is 10.4 Å². The lowest BCUT2D eigenvalue weighted by molar-refractivity contribution is 0.0814. The monoisotopic (exact) mass is 252 g/mol. The number of rotatable bonds is 3. The zero-order valence-corrected chi connectivity index (χ0v) is 10.1. The third kappa shape index (κ3) is 2.47. The number of carbonyl (C=O) groups excluding carboxylic acids is 1. The van der Waals surface area contributed by atoms with Crippen LogP contribution in [0.15, 0.2) is 18.2 Å². The van der Waals surface area contributed by atoms with E-state index in [1.807, 2.05) is 0 Å². The third-order valence-corrected chi connectivity index (χ3v) is 2.49. The maximum atomic E-state index is 12.0. The van der Waals surface area contributed by atoms with E-state index in [9.17, 15) is 4.79 Å². The van der Waals surface area contributed by atoms with Crippen molar-refractivity contribution >= 4 is 23.1 Å². The van der Waals surface area contributed by atoms with E-state index in [0.717, 1.165) is 0 Å². The molecule has 0 bridgehead atoms. The SMILES string of the molecule is CN(CC(N)=S)C(=O)c1ccc2c(c1)OCO2. The van der Waals surface area contributed by atoms with E-state index in [-0.39, 0.29) is 24.2 Å². The van der Waals surface area contributed by atoms with Crippen LogP contribution in [0.3, 0.4) is 0 Å². The van der Waals surface area contributed by atoms with Gasteiger partial charge in [-0.15, -0.1) is 0 Å². The Balaban J connectivity index is 2.17. The number of hydrogen-bond acceptors (Lipinski definition) is 4. The molecule has 0 aliphatic carbocycles. The Kier molecular flexibility index (Phi) is 3.14. The molecular weight excluding hydrogens is 240 g/mol. The highest BCUT2D eigenvalue weighted by molar-refractivity contribution is 7.80. The first kappa shape index (κ1) is 11.7.